The van der Waals surface area contributed by atoms with Crippen molar-refractivity contribution in [3.8, 4) is 6.07 Å². The summed E-state index contributed by atoms with van der Waals surface area (Å²) in [5.74, 6) is -0.550. The molecule has 102 valence electrons. The van der Waals surface area contributed by atoms with Crippen LogP contribution >= 0.6 is 15.9 Å². The van der Waals surface area contributed by atoms with E-state index in [-0.39, 0.29) is 10.6 Å². The van der Waals surface area contributed by atoms with Crippen LogP contribution in [0.5, 0.6) is 0 Å². The quantitative estimate of drug-likeness (QED) is 0.919. The normalized spacial score (nSPS) is 10.8. The van der Waals surface area contributed by atoms with Crippen LogP contribution in [-0.4, -0.2) is 8.42 Å². The third-order valence-electron chi connectivity index (χ3n) is 2.47. The van der Waals surface area contributed by atoms with E-state index in [1.54, 1.807) is 0 Å². The second-order valence-corrected chi connectivity index (χ2v) is 6.40. The number of nitrogens with one attached hydrogen (secondary N) is 1. The van der Waals surface area contributed by atoms with E-state index in [1.807, 2.05) is 6.07 Å². The Morgan fingerprint density at radius 2 is 1.80 bits per heavy atom. The van der Waals surface area contributed by atoms with Gasteiger partial charge in [0, 0.05) is 4.47 Å². The largest absolute Gasteiger partial charge is 0.278 e. The first-order valence-electron chi connectivity index (χ1n) is 5.40. The number of nitriles is 1. The van der Waals surface area contributed by atoms with Gasteiger partial charge >= 0.3 is 0 Å². The van der Waals surface area contributed by atoms with E-state index in [4.69, 9.17) is 5.26 Å². The topological polar surface area (TPSA) is 70.0 Å². The second kappa shape index (κ2) is 5.61. The van der Waals surface area contributed by atoms with Crippen LogP contribution in [0.2, 0.25) is 0 Å². The highest BCUT2D eigenvalue weighted by atomic mass is 79.9. The minimum atomic E-state index is -3.83. The van der Waals surface area contributed by atoms with Crippen molar-refractivity contribution in [1.82, 2.24) is 0 Å². The van der Waals surface area contributed by atoms with E-state index in [2.05, 4.69) is 20.7 Å². The second-order valence-electron chi connectivity index (χ2n) is 3.87. The third-order valence-corrected chi connectivity index (χ3v) is 4.54. The van der Waals surface area contributed by atoms with Crippen molar-refractivity contribution in [2.45, 2.75) is 4.90 Å². The molecule has 0 aromatic heterocycles. The smallest absolute Gasteiger partial charge is 0.261 e. The van der Waals surface area contributed by atoms with Gasteiger partial charge in [-0.05, 0) is 58.4 Å². The molecule has 0 radical (unpaired) electrons. The molecule has 0 spiro atoms. The molecule has 20 heavy (non-hydrogen) atoms. The molecular formula is C13H8BrFN2O2S. The van der Waals surface area contributed by atoms with Crippen LogP contribution in [0.25, 0.3) is 0 Å². The van der Waals surface area contributed by atoms with E-state index >= 15 is 0 Å². The summed E-state index contributed by atoms with van der Waals surface area (Å²) in [6.07, 6.45) is 0. The Kier molecular flexibility index (Phi) is 4.06. The maximum Gasteiger partial charge on any atom is 0.261 e. The first kappa shape index (κ1) is 14.5. The van der Waals surface area contributed by atoms with Crippen molar-refractivity contribution < 1.29 is 12.8 Å². The first-order valence-corrected chi connectivity index (χ1v) is 7.68. The zero-order valence-electron chi connectivity index (χ0n) is 9.97. The number of rotatable bonds is 3. The van der Waals surface area contributed by atoms with Crippen LogP contribution in [0.1, 0.15) is 5.56 Å². The van der Waals surface area contributed by atoms with Gasteiger partial charge < -0.3 is 0 Å². The highest BCUT2D eigenvalue weighted by Crippen LogP contribution is 2.25. The van der Waals surface area contributed by atoms with Crippen LogP contribution in [0.3, 0.4) is 0 Å². The van der Waals surface area contributed by atoms with Gasteiger partial charge in [-0.25, -0.2) is 12.8 Å². The SMILES string of the molecule is N#Cc1ccc(S(=O)(=O)Nc2cc(F)ccc2Br)cc1. The Morgan fingerprint density at radius 3 is 2.40 bits per heavy atom. The number of benzene rings is 2. The van der Waals surface area contributed by atoms with Crippen molar-refractivity contribution >= 4 is 31.6 Å². The zero-order chi connectivity index (χ0) is 14.8. The van der Waals surface area contributed by atoms with Gasteiger partial charge in [-0.2, -0.15) is 5.26 Å². The van der Waals surface area contributed by atoms with Crippen molar-refractivity contribution in [1.29, 1.82) is 5.26 Å². The summed E-state index contributed by atoms with van der Waals surface area (Å²) in [7, 11) is -3.83. The van der Waals surface area contributed by atoms with Gasteiger partial charge in [-0.1, -0.05) is 0 Å². The molecule has 0 saturated heterocycles. The predicted molar refractivity (Wildman–Crippen MR) is 76.1 cm³/mol. The summed E-state index contributed by atoms with van der Waals surface area (Å²) in [5, 5.41) is 8.67. The number of anilines is 1. The van der Waals surface area contributed by atoms with Crippen LogP contribution in [-0.2, 0) is 10.0 Å². The fraction of sp³-hybridized carbons (Fsp3) is 0. The Hall–Kier alpha value is -1.91. The lowest BCUT2D eigenvalue weighted by Gasteiger charge is -2.09. The summed E-state index contributed by atoms with van der Waals surface area (Å²) in [6, 6.07) is 11.0. The predicted octanol–water partition coefficient (Wildman–Crippen LogP) is 3.26. The Morgan fingerprint density at radius 1 is 1.15 bits per heavy atom. The maximum absolute atomic E-state index is 13.1. The van der Waals surface area contributed by atoms with E-state index in [0.717, 1.165) is 6.07 Å². The van der Waals surface area contributed by atoms with Crippen molar-refractivity contribution in [3.63, 3.8) is 0 Å². The third kappa shape index (κ3) is 3.15. The van der Waals surface area contributed by atoms with Gasteiger partial charge in [0.15, 0.2) is 0 Å². The Balaban J connectivity index is 2.35. The summed E-state index contributed by atoms with van der Waals surface area (Å²) < 4.78 is 40.1. The molecule has 1 N–H and O–H groups in total. The molecule has 0 heterocycles. The Bertz CT molecular complexity index is 783. The van der Waals surface area contributed by atoms with Gasteiger partial charge in [-0.15, -0.1) is 0 Å². The van der Waals surface area contributed by atoms with Crippen LogP contribution in [0.4, 0.5) is 10.1 Å². The summed E-state index contributed by atoms with van der Waals surface area (Å²) in [5.41, 5.74) is 0.463. The van der Waals surface area contributed by atoms with Crippen LogP contribution < -0.4 is 4.72 Å². The lowest BCUT2D eigenvalue weighted by atomic mass is 10.2. The highest BCUT2D eigenvalue weighted by molar-refractivity contribution is 9.10. The van der Waals surface area contributed by atoms with E-state index < -0.39 is 15.8 Å². The number of sulfonamides is 1. The van der Waals surface area contributed by atoms with Gasteiger partial charge in [0.1, 0.15) is 5.82 Å². The van der Waals surface area contributed by atoms with E-state index in [9.17, 15) is 12.8 Å². The lowest BCUT2D eigenvalue weighted by molar-refractivity contribution is 0.601. The molecule has 2 rings (SSSR count). The summed E-state index contributed by atoms with van der Waals surface area (Å²) >= 11 is 3.14. The fourth-order valence-corrected chi connectivity index (χ4v) is 3.04. The number of hydrogen-bond donors (Lipinski definition) is 1. The standard InChI is InChI=1S/C13H8BrFN2O2S/c14-12-6-3-10(15)7-13(12)17-20(18,19)11-4-1-9(8-16)2-5-11/h1-7,17H. The molecule has 0 aliphatic heterocycles. The van der Waals surface area contributed by atoms with Crippen molar-refractivity contribution in [2.24, 2.45) is 0 Å². The van der Waals surface area contributed by atoms with Gasteiger partial charge in [0.05, 0.1) is 22.2 Å². The molecule has 0 unspecified atom stereocenters. The zero-order valence-corrected chi connectivity index (χ0v) is 12.4. The molecule has 0 fully saturated rings. The highest BCUT2D eigenvalue weighted by Gasteiger charge is 2.16. The minimum absolute atomic E-state index is 0.00680. The molecule has 0 aliphatic carbocycles. The van der Waals surface area contributed by atoms with Crippen molar-refractivity contribution in [2.75, 3.05) is 4.72 Å². The van der Waals surface area contributed by atoms with Crippen molar-refractivity contribution in [3.05, 3.63) is 58.3 Å². The van der Waals surface area contributed by atoms with E-state index in [0.29, 0.717) is 10.0 Å². The maximum atomic E-state index is 13.1. The number of nitrogens with zero attached hydrogens (tertiary/aromatic N) is 1. The number of hydrogen-bond acceptors (Lipinski definition) is 3. The van der Waals surface area contributed by atoms with Gasteiger partial charge in [0.2, 0.25) is 0 Å². The van der Waals surface area contributed by atoms with Crippen LogP contribution in [0.15, 0.2) is 51.8 Å². The minimum Gasteiger partial charge on any atom is -0.278 e. The lowest BCUT2D eigenvalue weighted by Crippen LogP contribution is -2.13. The molecule has 4 nitrogen and oxygen atoms in total. The molecule has 2 aromatic rings. The van der Waals surface area contributed by atoms with Gasteiger partial charge in [-0.3, -0.25) is 4.72 Å². The monoisotopic (exact) mass is 354 g/mol. The molecule has 0 saturated carbocycles. The Labute approximate surface area is 124 Å². The van der Waals surface area contributed by atoms with E-state index in [1.165, 1.54) is 36.4 Å². The fourth-order valence-electron chi connectivity index (χ4n) is 1.49. The molecule has 7 heteroatoms. The number of halogens is 2. The first-order chi connectivity index (χ1) is 9.42. The molecule has 0 atom stereocenters. The molecule has 0 aliphatic rings. The molecular weight excluding hydrogens is 347 g/mol. The molecule has 0 bridgehead atoms. The molecule has 0 amide bonds. The van der Waals surface area contributed by atoms with Gasteiger partial charge in [0.25, 0.3) is 10.0 Å². The van der Waals surface area contributed by atoms with Crippen LogP contribution in [0, 0.1) is 17.1 Å². The molecule has 2 aromatic carbocycles. The average molecular weight is 355 g/mol. The summed E-state index contributed by atoms with van der Waals surface area (Å²) in [4.78, 5) is -0.00680. The average Bonchev–Trinajstić information content (AvgIpc) is 2.43. The summed E-state index contributed by atoms with van der Waals surface area (Å²) in [6.45, 7) is 0.